The number of ether oxygens (including phenoxy) is 1. The summed E-state index contributed by atoms with van der Waals surface area (Å²) in [7, 11) is 1.43. The zero-order valence-electron chi connectivity index (χ0n) is 15.0. The lowest BCUT2D eigenvalue weighted by Crippen LogP contribution is -2.08. The predicted octanol–water partition coefficient (Wildman–Crippen LogP) is 6.39. The third-order valence-corrected chi connectivity index (χ3v) is 6.95. The first-order valence-corrected chi connectivity index (χ1v) is 9.92. The van der Waals surface area contributed by atoms with Gasteiger partial charge in [0.15, 0.2) is 0 Å². The minimum absolute atomic E-state index is 0.0170. The van der Waals surface area contributed by atoms with Crippen LogP contribution >= 0.6 is 34.7 Å². The molecule has 2 aromatic rings. The van der Waals surface area contributed by atoms with E-state index in [1.165, 1.54) is 28.2 Å². The second-order valence-electron chi connectivity index (χ2n) is 6.86. The van der Waals surface area contributed by atoms with Crippen LogP contribution in [0.25, 0.3) is 0 Å². The van der Waals surface area contributed by atoms with Crippen LogP contribution in [0.15, 0.2) is 23.1 Å². The first-order chi connectivity index (χ1) is 11.1. The molecule has 5 heteroatoms. The van der Waals surface area contributed by atoms with E-state index >= 15 is 0 Å². The summed E-state index contributed by atoms with van der Waals surface area (Å²) in [5.74, 6) is 0.481. The Kier molecular flexibility index (Phi) is 6.05. The minimum Gasteiger partial charge on any atom is -0.465 e. The van der Waals surface area contributed by atoms with Crippen molar-refractivity contribution in [3.05, 3.63) is 49.7 Å². The van der Waals surface area contributed by atoms with Gasteiger partial charge in [0.2, 0.25) is 0 Å². The number of esters is 1. The van der Waals surface area contributed by atoms with Gasteiger partial charge in [-0.2, -0.15) is 0 Å². The Morgan fingerprint density at radius 2 is 1.88 bits per heavy atom. The number of thioether (sulfide) groups is 1. The molecule has 2 rings (SSSR count). The van der Waals surface area contributed by atoms with Crippen molar-refractivity contribution in [3.8, 4) is 0 Å². The summed E-state index contributed by atoms with van der Waals surface area (Å²) in [5.41, 5.74) is 3.28. The van der Waals surface area contributed by atoms with Crippen LogP contribution in [0.2, 0.25) is 5.02 Å². The topological polar surface area (TPSA) is 26.3 Å². The lowest BCUT2D eigenvalue weighted by Gasteiger charge is -2.15. The Morgan fingerprint density at radius 3 is 2.46 bits per heavy atom. The first-order valence-electron chi connectivity index (χ1n) is 7.74. The molecule has 0 N–H and O–H groups in total. The summed E-state index contributed by atoms with van der Waals surface area (Å²) in [4.78, 5) is 15.2. The molecular weight excluding hydrogens is 360 g/mol. The molecule has 0 amide bonds. The molecule has 0 saturated carbocycles. The lowest BCUT2D eigenvalue weighted by atomic mass is 9.94. The summed E-state index contributed by atoms with van der Waals surface area (Å²) < 4.78 is 4.96. The lowest BCUT2D eigenvalue weighted by molar-refractivity contribution is 0.0605. The van der Waals surface area contributed by atoms with Crippen LogP contribution in [0.4, 0.5) is 0 Å². The van der Waals surface area contributed by atoms with Crippen molar-refractivity contribution in [3.63, 3.8) is 0 Å². The highest BCUT2D eigenvalue weighted by molar-refractivity contribution is 7.98. The zero-order valence-corrected chi connectivity index (χ0v) is 17.3. The quantitative estimate of drug-likeness (QED) is 0.452. The molecule has 0 atom stereocenters. The van der Waals surface area contributed by atoms with Crippen molar-refractivity contribution in [2.75, 3.05) is 7.11 Å². The fraction of sp³-hybridized carbons (Fsp3) is 0.421. The minimum atomic E-state index is -0.255. The van der Waals surface area contributed by atoms with Gasteiger partial charge < -0.3 is 4.74 Å². The number of aryl methyl sites for hydroxylation is 2. The van der Waals surface area contributed by atoms with Crippen LogP contribution < -0.4 is 0 Å². The van der Waals surface area contributed by atoms with Gasteiger partial charge in [-0.3, -0.25) is 0 Å². The van der Waals surface area contributed by atoms with E-state index in [0.29, 0.717) is 4.88 Å². The number of carbonyl (C=O) groups is 1. The Morgan fingerprint density at radius 1 is 1.21 bits per heavy atom. The van der Waals surface area contributed by atoms with Gasteiger partial charge >= 0.3 is 5.97 Å². The van der Waals surface area contributed by atoms with E-state index in [1.54, 1.807) is 11.8 Å². The molecule has 0 spiro atoms. The van der Waals surface area contributed by atoms with Gasteiger partial charge in [0.1, 0.15) is 4.88 Å². The highest BCUT2D eigenvalue weighted by Crippen LogP contribution is 2.37. The summed E-state index contributed by atoms with van der Waals surface area (Å²) in [6.45, 7) is 10.5. The van der Waals surface area contributed by atoms with Gasteiger partial charge in [0.05, 0.1) is 7.11 Å². The average Bonchev–Trinajstić information content (AvgIpc) is 2.93. The molecule has 1 heterocycles. The van der Waals surface area contributed by atoms with Crippen LogP contribution in [0.3, 0.4) is 0 Å². The SMILES string of the molecule is COC(=O)c1sc(C(C)(C)C)cc1CSc1cc(C)c(Cl)cc1C. The molecule has 0 aliphatic heterocycles. The van der Waals surface area contributed by atoms with E-state index in [-0.39, 0.29) is 11.4 Å². The largest absolute Gasteiger partial charge is 0.465 e. The van der Waals surface area contributed by atoms with Gasteiger partial charge in [0.25, 0.3) is 0 Å². The maximum absolute atomic E-state index is 12.1. The first kappa shape index (κ1) is 19.4. The number of rotatable bonds is 4. The van der Waals surface area contributed by atoms with Gasteiger partial charge in [-0.25, -0.2) is 4.79 Å². The zero-order chi connectivity index (χ0) is 18.1. The molecular formula is C19H23ClO2S2. The summed E-state index contributed by atoms with van der Waals surface area (Å²) in [6, 6.07) is 6.24. The fourth-order valence-corrected chi connectivity index (χ4v) is 4.79. The highest BCUT2D eigenvalue weighted by Gasteiger charge is 2.23. The summed E-state index contributed by atoms with van der Waals surface area (Å²) in [6.07, 6.45) is 0. The van der Waals surface area contributed by atoms with E-state index < -0.39 is 0 Å². The van der Waals surface area contributed by atoms with Crippen molar-refractivity contribution in [1.82, 2.24) is 0 Å². The number of hydrogen-bond donors (Lipinski definition) is 0. The molecule has 0 fully saturated rings. The normalized spacial score (nSPS) is 11.6. The van der Waals surface area contributed by atoms with Crippen molar-refractivity contribution in [1.29, 1.82) is 0 Å². The van der Waals surface area contributed by atoms with E-state index in [4.69, 9.17) is 16.3 Å². The standard InChI is InChI=1S/C19H23ClO2S2/c1-11-8-15(12(2)7-14(11)20)23-10-13-9-16(19(3,4)5)24-17(13)18(21)22-6/h7-9H,10H2,1-6H3. The second-order valence-corrected chi connectivity index (χ2v) is 9.34. The van der Waals surface area contributed by atoms with Crippen LogP contribution in [-0.2, 0) is 15.9 Å². The Bertz CT molecular complexity index is 757. The molecule has 0 radical (unpaired) electrons. The van der Waals surface area contributed by atoms with Crippen molar-refractivity contribution >= 4 is 40.7 Å². The van der Waals surface area contributed by atoms with Crippen LogP contribution in [-0.4, -0.2) is 13.1 Å². The maximum atomic E-state index is 12.1. The molecule has 0 saturated heterocycles. The molecule has 24 heavy (non-hydrogen) atoms. The van der Waals surface area contributed by atoms with Gasteiger partial charge in [-0.05, 0) is 54.2 Å². The number of halogens is 1. The van der Waals surface area contributed by atoms with Crippen LogP contribution in [0.5, 0.6) is 0 Å². The number of thiophene rings is 1. The average molecular weight is 383 g/mol. The molecule has 130 valence electrons. The Hall–Kier alpha value is -0.970. The molecule has 2 nitrogen and oxygen atoms in total. The number of benzene rings is 1. The number of methoxy groups -OCH3 is 1. The Balaban J connectivity index is 2.30. The van der Waals surface area contributed by atoms with E-state index in [9.17, 15) is 4.79 Å². The van der Waals surface area contributed by atoms with Crippen molar-refractivity contribution < 1.29 is 9.53 Å². The van der Waals surface area contributed by atoms with Gasteiger partial charge in [0, 0.05) is 20.5 Å². The fourth-order valence-electron chi connectivity index (χ4n) is 2.24. The van der Waals surface area contributed by atoms with Gasteiger partial charge in [-0.1, -0.05) is 32.4 Å². The summed E-state index contributed by atoms with van der Waals surface area (Å²) in [5, 5.41) is 0.789. The molecule has 0 unspecified atom stereocenters. The van der Waals surface area contributed by atoms with Crippen molar-refractivity contribution in [2.45, 2.75) is 50.7 Å². The van der Waals surface area contributed by atoms with E-state index in [0.717, 1.165) is 27.5 Å². The smallest absolute Gasteiger partial charge is 0.348 e. The Labute approximate surface area is 157 Å². The predicted molar refractivity (Wildman–Crippen MR) is 105 cm³/mol. The second kappa shape index (κ2) is 7.51. The van der Waals surface area contributed by atoms with Crippen LogP contribution in [0, 0.1) is 13.8 Å². The third-order valence-electron chi connectivity index (χ3n) is 3.76. The third kappa shape index (κ3) is 4.35. The van der Waals surface area contributed by atoms with Gasteiger partial charge in [-0.15, -0.1) is 23.1 Å². The molecule has 0 aliphatic carbocycles. The summed E-state index contributed by atoms with van der Waals surface area (Å²) >= 11 is 9.44. The number of hydrogen-bond acceptors (Lipinski definition) is 4. The molecule has 0 bridgehead atoms. The van der Waals surface area contributed by atoms with Crippen molar-refractivity contribution in [2.24, 2.45) is 0 Å². The monoisotopic (exact) mass is 382 g/mol. The highest BCUT2D eigenvalue weighted by atomic mass is 35.5. The molecule has 0 aliphatic rings. The van der Waals surface area contributed by atoms with E-state index in [2.05, 4.69) is 39.8 Å². The van der Waals surface area contributed by atoms with E-state index in [1.807, 2.05) is 13.0 Å². The molecule has 1 aromatic heterocycles. The molecule has 1 aromatic carbocycles. The number of carbonyl (C=O) groups excluding carboxylic acids is 1. The maximum Gasteiger partial charge on any atom is 0.348 e. The van der Waals surface area contributed by atoms with Crippen LogP contribution in [0.1, 0.15) is 52.0 Å².